The Bertz CT molecular complexity index is 645. The van der Waals surface area contributed by atoms with E-state index in [4.69, 9.17) is 9.47 Å². The Morgan fingerprint density at radius 1 is 1.17 bits per heavy atom. The van der Waals surface area contributed by atoms with Gasteiger partial charge in [-0.1, -0.05) is 0 Å². The van der Waals surface area contributed by atoms with Crippen LogP contribution in [0.1, 0.15) is 19.3 Å². The first-order chi connectivity index (χ1) is 10.9. The Kier molecular flexibility index (Phi) is 4.53. The highest BCUT2D eigenvalue weighted by Gasteiger charge is 2.51. The van der Waals surface area contributed by atoms with Gasteiger partial charge in [-0.15, -0.1) is 0 Å². The van der Waals surface area contributed by atoms with Crippen molar-refractivity contribution in [3.63, 3.8) is 0 Å². The molecule has 1 saturated heterocycles. The molecule has 128 valence electrons. The highest BCUT2D eigenvalue weighted by molar-refractivity contribution is 7.86. The Morgan fingerprint density at radius 2 is 1.83 bits per heavy atom. The molecule has 2 fully saturated rings. The minimum Gasteiger partial charge on any atom is -0.497 e. The van der Waals surface area contributed by atoms with E-state index in [1.165, 1.54) is 4.31 Å². The molecule has 7 heteroatoms. The molecular weight excluding hydrogens is 316 g/mol. The van der Waals surface area contributed by atoms with E-state index in [1.54, 1.807) is 25.5 Å². The van der Waals surface area contributed by atoms with Gasteiger partial charge in [0, 0.05) is 20.1 Å². The number of methoxy groups -OCH3 is 1. The molecule has 0 radical (unpaired) electrons. The van der Waals surface area contributed by atoms with Gasteiger partial charge in [-0.2, -0.15) is 17.0 Å². The highest BCUT2D eigenvalue weighted by atomic mass is 32.2. The lowest BCUT2D eigenvalue weighted by molar-refractivity contribution is 0.157. The topological polar surface area (TPSA) is 59.1 Å². The Labute approximate surface area is 138 Å². The third kappa shape index (κ3) is 3.05. The van der Waals surface area contributed by atoms with Gasteiger partial charge in [0.1, 0.15) is 18.1 Å². The molecule has 1 heterocycles. The van der Waals surface area contributed by atoms with Crippen LogP contribution in [0.3, 0.4) is 0 Å². The molecule has 1 aromatic rings. The van der Waals surface area contributed by atoms with E-state index in [1.807, 2.05) is 24.3 Å². The monoisotopic (exact) mass is 340 g/mol. The molecule has 0 aromatic heterocycles. The number of ether oxygens (including phenoxy) is 2. The first kappa shape index (κ1) is 16.5. The summed E-state index contributed by atoms with van der Waals surface area (Å²) in [4.78, 5) is 0. The first-order valence-corrected chi connectivity index (χ1v) is 9.31. The third-order valence-corrected chi connectivity index (χ3v) is 6.91. The molecule has 0 spiro atoms. The maximum Gasteiger partial charge on any atom is 0.282 e. The minimum absolute atomic E-state index is 0.0803. The van der Waals surface area contributed by atoms with Crippen molar-refractivity contribution in [2.45, 2.75) is 31.3 Å². The van der Waals surface area contributed by atoms with Crippen LogP contribution in [-0.4, -0.2) is 56.9 Å². The first-order valence-electron chi connectivity index (χ1n) is 7.91. The van der Waals surface area contributed by atoms with Crippen LogP contribution < -0.4 is 9.47 Å². The maximum atomic E-state index is 12.6. The second kappa shape index (κ2) is 6.30. The molecular formula is C16H24N2O4S. The van der Waals surface area contributed by atoms with Crippen molar-refractivity contribution >= 4 is 10.2 Å². The summed E-state index contributed by atoms with van der Waals surface area (Å²) in [5.41, 5.74) is 0. The standard InChI is InChI=1S/C16H24N2O4S/c1-17(2)23(19,20)18-13-5-4-12(10-13)16(18)11-22-15-8-6-14(21-3)7-9-15/h6-9,12-13,16H,4-5,10-11H2,1-3H3/t12-,13-,16-/m1/s1. The molecule has 0 unspecified atom stereocenters. The van der Waals surface area contributed by atoms with E-state index in [2.05, 4.69) is 0 Å². The zero-order valence-electron chi connectivity index (χ0n) is 13.8. The normalized spacial score (nSPS) is 27.6. The van der Waals surface area contributed by atoms with Gasteiger partial charge in [-0.05, 0) is 49.4 Å². The molecule has 2 bridgehead atoms. The van der Waals surface area contributed by atoms with Crippen LogP contribution in [0.5, 0.6) is 11.5 Å². The molecule has 2 aliphatic rings. The molecule has 1 aliphatic heterocycles. The largest absolute Gasteiger partial charge is 0.497 e. The molecule has 3 atom stereocenters. The van der Waals surface area contributed by atoms with Crippen molar-refractivity contribution in [1.29, 1.82) is 0 Å². The molecule has 1 aliphatic carbocycles. The van der Waals surface area contributed by atoms with Crippen LogP contribution in [0.15, 0.2) is 24.3 Å². The molecule has 0 N–H and O–H groups in total. The fourth-order valence-electron chi connectivity index (χ4n) is 3.66. The number of rotatable bonds is 6. The van der Waals surface area contributed by atoms with E-state index >= 15 is 0 Å². The number of benzene rings is 1. The van der Waals surface area contributed by atoms with E-state index in [0.717, 1.165) is 30.8 Å². The molecule has 23 heavy (non-hydrogen) atoms. The van der Waals surface area contributed by atoms with Crippen LogP contribution in [0.4, 0.5) is 0 Å². The molecule has 1 aromatic carbocycles. The maximum absolute atomic E-state index is 12.6. The number of piperidine rings is 1. The van der Waals surface area contributed by atoms with Crippen molar-refractivity contribution < 1.29 is 17.9 Å². The Morgan fingerprint density at radius 3 is 2.43 bits per heavy atom. The van der Waals surface area contributed by atoms with Crippen LogP contribution in [0.25, 0.3) is 0 Å². The van der Waals surface area contributed by atoms with Crippen LogP contribution in [0.2, 0.25) is 0 Å². The van der Waals surface area contributed by atoms with Crippen molar-refractivity contribution in [3.05, 3.63) is 24.3 Å². The van der Waals surface area contributed by atoms with Gasteiger partial charge in [0.15, 0.2) is 0 Å². The lowest BCUT2D eigenvalue weighted by atomic mass is 10.0. The second-order valence-electron chi connectivity index (χ2n) is 6.40. The lowest BCUT2D eigenvalue weighted by Crippen LogP contribution is -2.51. The van der Waals surface area contributed by atoms with Crippen LogP contribution >= 0.6 is 0 Å². The predicted octanol–water partition coefficient (Wildman–Crippen LogP) is 1.73. The van der Waals surface area contributed by atoms with Gasteiger partial charge in [0.05, 0.1) is 13.2 Å². The Balaban J connectivity index is 1.72. The number of hydrogen-bond acceptors (Lipinski definition) is 4. The summed E-state index contributed by atoms with van der Waals surface area (Å²) in [7, 11) is 1.39. The number of nitrogens with zero attached hydrogens (tertiary/aromatic N) is 2. The van der Waals surface area contributed by atoms with Gasteiger partial charge >= 0.3 is 0 Å². The zero-order chi connectivity index (χ0) is 16.6. The molecule has 3 rings (SSSR count). The average molecular weight is 340 g/mol. The smallest absolute Gasteiger partial charge is 0.282 e. The highest BCUT2D eigenvalue weighted by Crippen LogP contribution is 2.44. The summed E-state index contributed by atoms with van der Waals surface area (Å²) in [6, 6.07) is 7.41. The zero-order valence-corrected chi connectivity index (χ0v) is 14.6. The van der Waals surface area contributed by atoms with Gasteiger partial charge in [0.2, 0.25) is 0 Å². The fourth-order valence-corrected chi connectivity index (χ4v) is 5.18. The fraction of sp³-hybridized carbons (Fsp3) is 0.625. The average Bonchev–Trinajstić information content (AvgIpc) is 3.14. The summed E-state index contributed by atoms with van der Waals surface area (Å²) >= 11 is 0. The van der Waals surface area contributed by atoms with Crippen molar-refractivity contribution in [2.75, 3.05) is 27.8 Å². The molecule has 6 nitrogen and oxygen atoms in total. The van der Waals surface area contributed by atoms with Crippen LogP contribution in [0, 0.1) is 5.92 Å². The van der Waals surface area contributed by atoms with E-state index in [0.29, 0.717) is 12.5 Å². The second-order valence-corrected chi connectivity index (χ2v) is 8.45. The van der Waals surface area contributed by atoms with Gasteiger partial charge in [-0.25, -0.2) is 0 Å². The van der Waals surface area contributed by atoms with Gasteiger partial charge in [0.25, 0.3) is 10.2 Å². The number of fused-ring (bicyclic) bond motifs is 2. The van der Waals surface area contributed by atoms with Crippen LogP contribution in [-0.2, 0) is 10.2 Å². The summed E-state index contributed by atoms with van der Waals surface area (Å²) in [5, 5.41) is 0. The van der Waals surface area contributed by atoms with Crippen molar-refractivity contribution in [3.8, 4) is 11.5 Å². The minimum atomic E-state index is -3.41. The predicted molar refractivity (Wildman–Crippen MR) is 87.9 cm³/mol. The van der Waals surface area contributed by atoms with E-state index in [-0.39, 0.29) is 12.1 Å². The van der Waals surface area contributed by atoms with Gasteiger partial charge < -0.3 is 9.47 Å². The Hall–Kier alpha value is -1.31. The third-order valence-electron chi connectivity index (χ3n) is 4.88. The van der Waals surface area contributed by atoms with Crippen molar-refractivity contribution in [1.82, 2.24) is 8.61 Å². The summed E-state index contributed by atoms with van der Waals surface area (Å²) < 4.78 is 39.2. The van der Waals surface area contributed by atoms with Gasteiger partial charge in [-0.3, -0.25) is 0 Å². The quantitative estimate of drug-likeness (QED) is 0.791. The molecule has 0 amide bonds. The molecule has 1 saturated carbocycles. The number of hydrogen-bond donors (Lipinski definition) is 0. The van der Waals surface area contributed by atoms with E-state index in [9.17, 15) is 8.42 Å². The summed E-state index contributed by atoms with van der Waals surface area (Å²) in [6.07, 6.45) is 2.99. The van der Waals surface area contributed by atoms with E-state index < -0.39 is 10.2 Å². The lowest BCUT2D eigenvalue weighted by Gasteiger charge is -2.35. The SMILES string of the molecule is COc1ccc(OC[C@@H]2[C@@H]3CC[C@H](C3)N2S(=O)(=O)N(C)C)cc1. The summed E-state index contributed by atoms with van der Waals surface area (Å²) in [6.45, 7) is 0.389. The van der Waals surface area contributed by atoms with Crippen molar-refractivity contribution in [2.24, 2.45) is 5.92 Å². The summed E-state index contributed by atoms with van der Waals surface area (Å²) in [5.74, 6) is 1.90.